The molecule has 146 valence electrons. The first-order valence-corrected chi connectivity index (χ1v) is 9.12. The van der Waals surface area contributed by atoms with Crippen molar-refractivity contribution in [3.8, 4) is 0 Å². The van der Waals surface area contributed by atoms with Gasteiger partial charge in [-0.05, 0) is 18.2 Å². The van der Waals surface area contributed by atoms with Crippen molar-refractivity contribution in [2.75, 3.05) is 38.0 Å². The molecule has 3 rings (SSSR count). The second-order valence-corrected chi connectivity index (χ2v) is 6.81. The first-order chi connectivity index (χ1) is 13.4. The molecule has 0 aromatic heterocycles. The number of benzene rings is 2. The van der Waals surface area contributed by atoms with E-state index in [1.807, 2.05) is 35.2 Å². The van der Waals surface area contributed by atoms with E-state index in [2.05, 4.69) is 5.32 Å². The molecule has 2 aromatic carbocycles. The van der Waals surface area contributed by atoms with Gasteiger partial charge in [0.25, 0.3) is 11.6 Å². The van der Waals surface area contributed by atoms with Crippen LogP contribution in [0.5, 0.6) is 0 Å². The smallest absolute Gasteiger partial charge is 0.270 e. The molecule has 1 aliphatic rings. The number of nitrogens with zero attached hydrogens (tertiary/aromatic N) is 3. The number of carbonyl (C=O) groups is 2. The Kier molecular flexibility index (Phi) is 6.23. The maximum absolute atomic E-state index is 12.6. The van der Waals surface area contributed by atoms with Gasteiger partial charge in [-0.25, -0.2) is 0 Å². The minimum Gasteiger partial charge on any atom is -0.336 e. The number of carbonyl (C=O) groups excluding carboxylic acids is 2. The fraction of sp³-hybridized carbons (Fsp3) is 0.263. The molecule has 8 nitrogen and oxygen atoms in total. The molecule has 28 heavy (non-hydrogen) atoms. The number of nitrogens with one attached hydrogen (secondary N) is 1. The number of nitro benzene ring substituents is 1. The van der Waals surface area contributed by atoms with Crippen LogP contribution in [0.15, 0.2) is 48.5 Å². The van der Waals surface area contributed by atoms with Crippen LogP contribution in [0.25, 0.3) is 0 Å². The molecule has 1 N–H and O–H groups in total. The van der Waals surface area contributed by atoms with Crippen molar-refractivity contribution < 1.29 is 14.5 Å². The standard InChI is InChI=1S/C19H19ClN4O4/c20-17-12-15(24(27)28)6-7-16(17)19(26)23-10-8-22(9-11-23)13-18(25)21-14-4-2-1-3-5-14/h1-7,12H,8-11,13H2,(H,21,25). The van der Waals surface area contributed by atoms with Crippen LogP contribution in [0, 0.1) is 10.1 Å². The number of piperazine rings is 1. The average Bonchev–Trinajstić information content (AvgIpc) is 2.68. The van der Waals surface area contributed by atoms with Gasteiger partial charge in [0.15, 0.2) is 0 Å². The second kappa shape index (κ2) is 8.81. The van der Waals surface area contributed by atoms with Crippen molar-refractivity contribution in [1.29, 1.82) is 0 Å². The molecule has 0 aliphatic carbocycles. The Hall–Kier alpha value is -2.97. The van der Waals surface area contributed by atoms with E-state index < -0.39 is 4.92 Å². The molecule has 0 spiro atoms. The lowest BCUT2D eigenvalue weighted by atomic mass is 10.1. The predicted octanol–water partition coefficient (Wildman–Crippen LogP) is 2.64. The SMILES string of the molecule is O=C(CN1CCN(C(=O)c2ccc([N+](=O)[O-])cc2Cl)CC1)Nc1ccccc1. The Morgan fingerprint density at radius 3 is 2.36 bits per heavy atom. The molecular weight excluding hydrogens is 384 g/mol. The van der Waals surface area contributed by atoms with Crippen LogP contribution in [0.4, 0.5) is 11.4 Å². The highest BCUT2D eigenvalue weighted by atomic mass is 35.5. The zero-order chi connectivity index (χ0) is 20.1. The summed E-state index contributed by atoms with van der Waals surface area (Å²) < 4.78 is 0. The summed E-state index contributed by atoms with van der Waals surface area (Å²) in [6.45, 7) is 2.25. The van der Waals surface area contributed by atoms with Crippen molar-refractivity contribution in [3.63, 3.8) is 0 Å². The zero-order valence-electron chi connectivity index (χ0n) is 15.0. The number of rotatable bonds is 5. The lowest BCUT2D eigenvalue weighted by Gasteiger charge is -2.34. The third kappa shape index (κ3) is 4.85. The van der Waals surface area contributed by atoms with Gasteiger partial charge in [-0.1, -0.05) is 29.8 Å². The van der Waals surface area contributed by atoms with Crippen LogP contribution in [0.3, 0.4) is 0 Å². The Morgan fingerprint density at radius 2 is 1.75 bits per heavy atom. The largest absolute Gasteiger partial charge is 0.336 e. The summed E-state index contributed by atoms with van der Waals surface area (Å²) in [7, 11) is 0. The monoisotopic (exact) mass is 402 g/mol. The number of non-ortho nitro benzene ring substituents is 1. The van der Waals surface area contributed by atoms with Gasteiger partial charge in [0.05, 0.1) is 22.1 Å². The first-order valence-electron chi connectivity index (χ1n) is 8.74. The van der Waals surface area contributed by atoms with E-state index in [0.29, 0.717) is 26.2 Å². The number of anilines is 1. The van der Waals surface area contributed by atoms with Crippen LogP contribution in [-0.4, -0.2) is 59.3 Å². The lowest BCUT2D eigenvalue weighted by molar-refractivity contribution is -0.384. The van der Waals surface area contributed by atoms with Gasteiger partial charge in [-0.2, -0.15) is 0 Å². The molecule has 0 unspecified atom stereocenters. The fourth-order valence-electron chi connectivity index (χ4n) is 3.00. The van der Waals surface area contributed by atoms with E-state index in [4.69, 9.17) is 11.6 Å². The molecule has 1 fully saturated rings. The summed E-state index contributed by atoms with van der Waals surface area (Å²) in [4.78, 5) is 38.6. The molecule has 0 saturated carbocycles. The van der Waals surface area contributed by atoms with Crippen LogP contribution < -0.4 is 5.32 Å². The Labute approximate surface area is 166 Å². The zero-order valence-corrected chi connectivity index (χ0v) is 15.8. The van der Waals surface area contributed by atoms with Crippen molar-refractivity contribution in [2.24, 2.45) is 0 Å². The van der Waals surface area contributed by atoms with E-state index in [1.54, 1.807) is 4.90 Å². The topological polar surface area (TPSA) is 95.8 Å². The van der Waals surface area contributed by atoms with Gasteiger partial charge < -0.3 is 10.2 Å². The number of amides is 2. The Morgan fingerprint density at radius 1 is 1.07 bits per heavy atom. The number of para-hydroxylation sites is 1. The van der Waals surface area contributed by atoms with Crippen molar-refractivity contribution in [3.05, 3.63) is 69.2 Å². The van der Waals surface area contributed by atoms with Gasteiger partial charge in [-0.15, -0.1) is 0 Å². The Bertz CT molecular complexity index is 883. The summed E-state index contributed by atoms with van der Waals surface area (Å²) in [5.41, 5.74) is 0.826. The third-order valence-corrected chi connectivity index (χ3v) is 4.79. The molecule has 1 aliphatic heterocycles. The van der Waals surface area contributed by atoms with Crippen LogP contribution in [-0.2, 0) is 4.79 Å². The van der Waals surface area contributed by atoms with Gasteiger partial charge in [0.2, 0.25) is 5.91 Å². The van der Waals surface area contributed by atoms with Crippen LogP contribution >= 0.6 is 11.6 Å². The number of hydrogen-bond donors (Lipinski definition) is 1. The summed E-state index contributed by atoms with van der Waals surface area (Å²) in [5, 5.41) is 13.7. The van der Waals surface area contributed by atoms with Crippen molar-refractivity contribution in [1.82, 2.24) is 9.80 Å². The van der Waals surface area contributed by atoms with E-state index >= 15 is 0 Å². The van der Waals surface area contributed by atoms with Gasteiger partial charge in [-0.3, -0.25) is 24.6 Å². The maximum atomic E-state index is 12.6. The van der Waals surface area contributed by atoms with E-state index in [0.717, 1.165) is 5.69 Å². The predicted molar refractivity (Wildman–Crippen MR) is 106 cm³/mol. The van der Waals surface area contributed by atoms with E-state index in [-0.39, 0.29) is 34.6 Å². The number of nitro groups is 1. The van der Waals surface area contributed by atoms with E-state index in [1.165, 1.54) is 18.2 Å². The summed E-state index contributed by atoms with van der Waals surface area (Å²) in [6, 6.07) is 13.0. The molecule has 9 heteroatoms. The quantitative estimate of drug-likeness (QED) is 0.612. The van der Waals surface area contributed by atoms with Crippen LogP contribution in [0.2, 0.25) is 5.02 Å². The van der Waals surface area contributed by atoms with Gasteiger partial charge in [0.1, 0.15) is 0 Å². The highest BCUT2D eigenvalue weighted by Crippen LogP contribution is 2.24. The number of halogens is 1. The summed E-state index contributed by atoms with van der Waals surface area (Å²) in [6.07, 6.45) is 0. The molecule has 2 aromatic rings. The minimum atomic E-state index is -0.556. The summed E-state index contributed by atoms with van der Waals surface area (Å²) >= 11 is 6.05. The number of hydrogen-bond acceptors (Lipinski definition) is 5. The van der Waals surface area contributed by atoms with Crippen molar-refractivity contribution >= 4 is 34.8 Å². The first kappa shape index (κ1) is 19.8. The fourth-order valence-corrected chi connectivity index (χ4v) is 3.25. The third-order valence-electron chi connectivity index (χ3n) is 4.48. The molecule has 0 bridgehead atoms. The lowest BCUT2D eigenvalue weighted by Crippen LogP contribution is -2.50. The van der Waals surface area contributed by atoms with Crippen LogP contribution in [0.1, 0.15) is 10.4 Å². The average molecular weight is 403 g/mol. The second-order valence-electron chi connectivity index (χ2n) is 6.40. The normalized spacial score (nSPS) is 14.5. The van der Waals surface area contributed by atoms with Gasteiger partial charge in [0, 0.05) is 44.0 Å². The molecule has 2 amide bonds. The summed E-state index contributed by atoms with van der Waals surface area (Å²) in [5.74, 6) is -0.377. The molecule has 0 atom stereocenters. The molecule has 1 saturated heterocycles. The Balaban J connectivity index is 1.53. The maximum Gasteiger partial charge on any atom is 0.270 e. The molecule has 1 heterocycles. The highest BCUT2D eigenvalue weighted by Gasteiger charge is 2.25. The van der Waals surface area contributed by atoms with E-state index in [9.17, 15) is 19.7 Å². The highest BCUT2D eigenvalue weighted by molar-refractivity contribution is 6.34. The van der Waals surface area contributed by atoms with Gasteiger partial charge >= 0.3 is 0 Å². The molecular formula is C19H19ClN4O4. The van der Waals surface area contributed by atoms with Crippen molar-refractivity contribution in [2.45, 2.75) is 0 Å². The molecule has 0 radical (unpaired) electrons. The minimum absolute atomic E-state index is 0.0591.